The van der Waals surface area contributed by atoms with E-state index in [1.807, 2.05) is 86.3 Å². The lowest BCUT2D eigenvalue weighted by molar-refractivity contribution is -0.138. The number of hydrogen-bond donors (Lipinski definition) is 1. The molecule has 42 heavy (non-hydrogen) atoms. The van der Waals surface area contributed by atoms with Crippen LogP contribution in [-0.2, 0) is 18.3 Å². The first-order chi connectivity index (χ1) is 20.2. The monoisotopic (exact) mass is 571 g/mol. The molecule has 0 saturated heterocycles. The molecule has 0 saturated carbocycles. The molecule has 220 valence electrons. The van der Waals surface area contributed by atoms with Crippen molar-refractivity contribution in [2.24, 2.45) is 13.0 Å². The van der Waals surface area contributed by atoms with Crippen LogP contribution in [0.15, 0.2) is 85.1 Å². The van der Waals surface area contributed by atoms with Crippen LogP contribution < -0.4 is 14.2 Å². The first-order valence-electron chi connectivity index (χ1n) is 13.9. The quantitative estimate of drug-likeness (QED) is 0.198. The van der Waals surface area contributed by atoms with Crippen LogP contribution in [0, 0.1) is 5.92 Å². The zero-order valence-electron chi connectivity index (χ0n) is 24.4. The van der Waals surface area contributed by atoms with Gasteiger partial charge in [0.25, 0.3) is 0 Å². The summed E-state index contributed by atoms with van der Waals surface area (Å²) in [5.41, 5.74) is 2.78. The van der Waals surface area contributed by atoms with Gasteiger partial charge in [0, 0.05) is 25.2 Å². The van der Waals surface area contributed by atoms with Crippen LogP contribution in [0.5, 0.6) is 17.2 Å². The number of carboxylic acid groups (broad SMARTS) is 1. The summed E-state index contributed by atoms with van der Waals surface area (Å²) in [5.74, 6) is 1.57. The molecular weight excluding hydrogens is 534 g/mol. The van der Waals surface area contributed by atoms with Crippen molar-refractivity contribution in [3.8, 4) is 28.5 Å². The zero-order chi connectivity index (χ0) is 30.1. The summed E-state index contributed by atoms with van der Waals surface area (Å²) in [6, 6.07) is 23.5. The molecule has 0 aliphatic carbocycles. The number of amides is 1. The second-order valence-electron chi connectivity index (χ2n) is 10.4. The van der Waals surface area contributed by atoms with E-state index in [9.17, 15) is 14.7 Å². The van der Waals surface area contributed by atoms with Crippen LogP contribution in [0.4, 0.5) is 4.79 Å². The minimum Gasteiger partial charge on any atom is -0.497 e. The zero-order valence-corrected chi connectivity index (χ0v) is 24.4. The average Bonchev–Trinajstić information content (AvgIpc) is 3.36. The van der Waals surface area contributed by atoms with Crippen molar-refractivity contribution >= 4 is 12.1 Å². The number of imidazole rings is 1. The fourth-order valence-electron chi connectivity index (χ4n) is 4.67. The highest BCUT2D eigenvalue weighted by molar-refractivity contribution is 5.78. The van der Waals surface area contributed by atoms with E-state index < -0.39 is 24.6 Å². The van der Waals surface area contributed by atoms with Gasteiger partial charge in [0.15, 0.2) is 0 Å². The Bertz CT molecular complexity index is 1450. The van der Waals surface area contributed by atoms with Gasteiger partial charge in [0.2, 0.25) is 0 Å². The van der Waals surface area contributed by atoms with Crippen LogP contribution in [0.1, 0.15) is 37.7 Å². The Labute approximate surface area is 246 Å². The molecule has 1 N–H and O–H groups in total. The van der Waals surface area contributed by atoms with E-state index in [0.29, 0.717) is 36.7 Å². The Morgan fingerprint density at radius 1 is 0.929 bits per heavy atom. The molecule has 9 heteroatoms. The Balaban J connectivity index is 1.44. The Morgan fingerprint density at radius 2 is 1.57 bits per heavy atom. The molecule has 0 fully saturated rings. The number of carboxylic acids is 1. The van der Waals surface area contributed by atoms with Gasteiger partial charge < -0.3 is 23.9 Å². The number of carbonyl (C=O) groups excluding carboxylic acids is 1. The number of carbonyl (C=O) groups is 2. The summed E-state index contributed by atoms with van der Waals surface area (Å²) in [4.78, 5) is 31.0. The number of nitrogens with zero attached hydrogens (tertiary/aromatic N) is 3. The highest BCUT2D eigenvalue weighted by Gasteiger charge is 2.29. The SMILES string of the molecule is COc1ccc(OC(=O)N(CC(=O)O)[C@@H](CC(C)C)c2ccc(OCCc3nc(-c4ccccc4)cn3C)cc2)cc1. The Kier molecular flexibility index (Phi) is 10.2. The minimum atomic E-state index is -1.12. The van der Waals surface area contributed by atoms with Crippen molar-refractivity contribution < 1.29 is 28.9 Å². The molecule has 0 aliphatic heterocycles. The maximum absolute atomic E-state index is 13.2. The van der Waals surface area contributed by atoms with E-state index in [4.69, 9.17) is 19.2 Å². The molecule has 0 radical (unpaired) electrons. The van der Waals surface area contributed by atoms with E-state index in [2.05, 4.69) is 0 Å². The molecule has 4 aromatic rings. The highest BCUT2D eigenvalue weighted by atomic mass is 16.6. The van der Waals surface area contributed by atoms with Gasteiger partial charge in [0.1, 0.15) is 29.6 Å². The molecule has 1 heterocycles. The second-order valence-corrected chi connectivity index (χ2v) is 10.4. The third kappa shape index (κ3) is 8.13. The number of aryl methyl sites for hydroxylation is 1. The first kappa shape index (κ1) is 30.2. The maximum Gasteiger partial charge on any atom is 0.416 e. The van der Waals surface area contributed by atoms with Crippen molar-refractivity contribution in [3.05, 3.63) is 96.4 Å². The van der Waals surface area contributed by atoms with Crippen LogP contribution in [0.3, 0.4) is 0 Å². The lowest BCUT2D eigenvalue weighted by Gasteiger charge is -2.31. The summed E-state index contributed by atoms with van der Waals surface area (Å²) >= 11 is 0. The lowest BCUT2D eigenvalue weighted by Crippen LogP contribution is -2.41. The van der Waals surface area contributed by atoms with Gasteiger partial charge in [-0.1, -0.05) is 56.3 Å². The van der Waals surface area contributed by atoms with Gasteiger partial charge in [-0.05, 0) is 54.3 Å². The lowest BCUT2D eigenvalue weighted by atomic mass is 9.95. The topological polar surface area (TPSA) is 103 Å². The molecule has 0 bridgehead atoms. The molecule has 0 aliphatic rings. The predicted molar refractivity (Wildman–Crippen MR) is 160 cm³/mol. The van der Waals surface area contributed by atoms with Gasteiger partial charge in [-0.25, -0.2) is 9.78 Å². The second kappa shape index (κ2) is 14.2. The molecule has 0 unspecified atom stereocenters. The molecule has 0 spiro atoms. The summed E-state index contributed by atoms with van der Waals surface area (Å²) in [6.07, 6.45) is 2.45. The van der Waals surface area contributed by atoms with Gasteiger partial charge in [-0.3, -0.25) is 9.69 Å². The number of rotatable bonds is 13. The van der Waals surface area contributed by atoms with Crippen molar-refractivity contribution in [1.29, 1.82) is 0 Å². The van der Waals surface area contributed by atoms with E-state index >= 15 is 0 Å². The van der Waals surface area contributed by atoms with Crippen molar-refractivity contribution in [2.45, 2.75) is 32.7 Å². The molecule has 1 amide bonds. The standard InChI is InChI=1S/C33H37N3O6/c1-23(2)20-30(36(22-32(37)38)33(39)42-28-16-14-26(40-4)15-17-28)25-10-12-27(13-11-25)41-19-18-31-34-29(21-35(31)3)24-8-6-5-7-9-24/h5-17,21,23,30H,18-20,22H2,1-4H3,(H,37,38)/t30-/m0/s1. The highest BCUT2D eigenvalue weighted by Crippen LogP contribution is 2.31. The summed E-state index contributed by atoms with van der Waals surface area (Å²) in [7, 11) is 3.52. The summed E-state index contributed by atoms with van der Waals surface area (Å²) < 4.78 is 18.7. The fraction of sp³-hybridized carbons (Fsp3) is 0.303. The van der Waals surface area contributed by atoms with Gasteiger partial charge >= 0.3 is 12.1 Å². The number of aliphatic carboxylic acids is 1. The molecule has 3 aromatic carbocycles. The number of benzene rings is 3. The summed E-state index contributed by atoms with van der Waals surface area (Å²) in [5, 5.41) is 9.63. The van der Waals surface area contributed by atoms with Crippen LogP contribution in [0.25, 0.3) is 11.3 Å². The molecular formula is C33H37N3O6. The van der Waals surface area contributed by atoms with Gasteiger partial charge in [-0.2, -0.15) is 0 Å². The van der Waals surface area contributed by atoms with Gasteiger partial charge in [0.05, 0.1) is 25.5 Å². The number of methoxy groups -OCH3 is 1. The molecule has 9 nitrogen and oxygen atoms in total. The van der Waals surface area contributed by atoms with Gasteiger partial charge in [-0.15, -0.1) is 0 Å². The molecule has 4 rings (SSSR count). The van der Waals surface area contributed by atoms with Crippen molar-refractivity contribution in [3.63, 3.8) is 0 Å². The fourth-order valence-corrected chi connectivity index (χ4v) is 4.67. The van der Waals surface area contributed by atoms with Crippen LogP contribution in [0.2, 0.25) is 0 Å². The Hall–Kier alpha value is -4.79. The van der Waals surface area contributed by atoms with E-state index in [0.717, 1.165) is 22.6 Å². The average molecular weight is 572 g/mol. The first-order valence-corrected chi connectivity index (χ1v) is 13.9. The summed E-state index contributed by atoms with van der Waals surface area (Å²) in [6.45, 7) is 3.99. The van der Waals surface area contributed by atoms with E-state index in [-0.39, 0.29) is 5.92 Å². The van der Waals surface area contributed by atoms with E-state index in [1.165, 1.54) is 4.90 Å². The van der Waals surface area contributed by atoms with Crippen molar-refractivity contribution in [2.75, 3.05) is 20.3 Å². The molecule has 1 atom stereocenters. The predicted octanol–water partition coefficient (Wildman–Crippen LogP) is 6.39. The van der Waals surface area contributed by atoms with Crippen molar-refractivity contribution in [1.82, 2.24) is 14.5 Å². The van der Waals surface area contributed by atoms with Crippen LogP contribution >= 0.6 is 0 Å². The smallest absolute Gasteiger partial charge is 0.416 e. The maximum atomic E-state index is 13.2. The Morgan fingerprint density at radius 3 is 2.19 bits per heavy atom. The normalized spacial score (nSPS) is 11.6. The largest absolute Gasteiger partial charge is 0.497 e. The third-order valence-corrected chi connectivity index (χ3v) is 6.78. The van der Waals surface area contributed by atoms with E-state index in [1.54, 1.807) is 31.4 Å². The molecule has 1 aromatic heterocycles. The third-order valence-electron chi connectivity index (χ3n) is 6.78. The minimum absolute atomic E-state index is 0.189. The number of ether oxygens (including phenoxy) is 3. The number of aromatic nitrogens is 2. The number of hydrogen-bond acceptors (Lipinski definition) is 6. The van der Waals surface area contributed by atoms with Crippen LogP contribution in [-0.4, -0.2) is 51.9 Å².